The number of likely N-dealkylation sites (tertiary alicyclic amines) is 2. The summed E-state index contributed by atoms with van der Waals surface area (Å²) in [6.07, 6.45) is 7.01. The maximum Gasteiger partial charge on any atom is 0.254 e. The second kappa shape index (κ2) is 24.7. The van der Waals surface area contributed by atoms with Gasteiger partial charge in [-0.15, -0.1) is 0 Å². The minimum absolute atomic E-state index is 0.0300. The lowest BCUT2D eigenvalue weighted by molar-refractivity contribution is 0.0672. The maximum atomic E-state index is 13.6. The Kier molecular flexibility index (Phi) is 17.6. The molecule has 2 fully saturated rings. The van der Waals surface area contributed by atoms with Crippen molar-refractivity contribution in [2.45, 2.75) is 111 Å². The Morgan fingerprint density at radius 3 is 1.13 bits per heavy atom. The lowest BCUT2D eigenvalue weighted by atomic mass is 9.86. The van der Waals surface area contributed by atoms with Gasteiger partial charge in [-0.2, -0.15) is 0 Å². The van der Waals surface area contributed by atoms with Gasteiger partial charge in [0.1, 0.15) is 23.0 Å². The average molecular weight is 1060 g/mol. The van der Waals surface area contributed by atoms with Crippen molar-refractivity contribution in [3.8, 4) is 45.3 Å². The molecule has 10 heteroatoms. The predicted octanol–water partition coefficient (Wildman–Crippen LogP) is 12.7. The molecule has 10 nitrogen and oxygen atoms in total. The van der Waals surface area contributed by atoms with Crippen molar-refractivity contribution in [2.24, 2.45) is 0 Å². The summed E-state index contributed by atoms with van der Waals surface area (Å²) in [6, 6.07) is 37.7. The summed E-state index contributed by atoms with van der Waals surface area (Å²) in [5, 5.41) is 19.9. The molecule has 412 valence electrons. The average Bonchev–Trinajstić information content (AvgIpc) is 4.19. The van der Waals surface area contributed by atoms with Gasteiger partial charge in [-0.1, -0.05) is 61.5 Å². The van der Waals surface area contributed by atoms with Crippen LogP contribution in [0.25, 0.3) is 22.3 Å². The number of hydrogen-bond acceptors (Lipinski definition) is 8. The number of aryl methyl sites for hydroxylation is 6. The molecule has 2 atom stereocenters. The molecular weight excluding hydrogens is 985 g/mol. The molecule has 0 aliphatic carbocycles. The fourth-order valence-electron chi connectivity index (χ4n) is 12.2. The van der Waals surface area contributed by atoms with Crippen LogP contribution in [0.3, 0.4) is 0 Å². The molecule has 2 N–H and O–H groups in total. The van der Waals surface area contributed by atoms with Crippen LogP contribution in [-0.4, -0.2) is 98.7 Å². The third-order valence-electron chi connectivity index (χ3n) is 16.9. The second-order valence-electron chi connectivity index (χ2n) is 21.9. The number of carbonyl (C=O) groups excluding carboxylic acids is 2. The topological polar surface area (TPSA) is 118 Å². The van der Waals surface area contributed by atoms with Gasteiger partial charge in [-0.25, -0.2) is 0 Å². The van der Waals surface area contributed by atoms with Crippen LogP contribution in [0.2, 0.25) is 0 Å². The first-order chi connectivity index (χ1) is 38.2. The van der Waals surface area contributed by atoms with Crippen LogP contribution in [0.4, 0.5) is 0 Å². The Bertz CT molecular complexity index is 3360. The van der Waals surface area contributed by atoms with E-state index in [2.05, 4.69) is 102 Å². The zero-order valence-electron chi connectivity index (χ0n) is 48.0. The first kappa shape index (κ1) is 56.3. The molecule has 7 aromatic carbocycles. The van der Waals surface area contributed by atoms with Crippen LogP contribution in [0.1, 0.15) is 131 Å². The molecule has 0 unspecified atom stereocenters. The van der Waals surface area contributed by atoms with Crippen molar-refractivity contribution in [3.05, 3.63) is 198 Å². The molecule has 2 aliphatic heterocycles. The highest BCUT2D eigenvalue weighted by Gasteiger charge is 2.30. The van der Waals surface area contributed by atoms with E-state index in [1.54, 1.807) is 38.2 Å². The van der Waals surface area contributed by atoms with E-state index in [0.29, 0.717) is 43.5 Å². The van der Waals surface area contributed by atoms with Gasteiger partial charge in [0.2, 0.25) is 0 Å². The molecule has 2 saturated heterocycles. The second-order valence-corrected chi connectivity index (χ2v) is 21.9. The predicted molar refractivity (Wildman–Crippen MR) is 316 cm³/mol. The lowest BCUT2D eigenvalue weighted by Gasteiger charge is -2.23. The minimum Gasteiger partial charge on any atom is -0.496 e. The van der Waals surface area contributed by atoms with Crippen molar-refractivity contribution in [1.82, 2.24) is 9.80 Å². The van der Waals surface area contributed by atoms with E-state index < -0.39 is 0 Å². The smallest absolute Gasteiger partial charge is 0.254 e. The quantitative estimate of drug-likeness (QED) is 0.0822. The van der Waals surface area contributed by atoms with E-state index in [0.717, 1.165) is 128 Å². The Balaban J connectivity index is 0.998. The van der Waals surface area contributed by atoms with Gasteiger partial charge in [0.15, 0.2) is 0 Å². The minimum atomic E-state index is -0.149. The Labute approximate surface area is 468 Å². The first-order valence-corrected chi connectivity index (χ1v) is 28.0. The molecular formula is C69H78N2O8. The monoisotopic (exact) mass is 1060 g/mol. The van der Waals surface area contributed by atoms with Gasteiger partial charge >= 0.3 is 0 Å². The molecule has 79 heavy (non-hydrogen) atoms. The zero-order chi connectivity index (χ0) is 56.1. The molecule has 0 radical (unpaired) electrons. The van der Waals surface area contributed by atoms with Crippen LogP contribution < -0.4 is 18.9 Å². The number of nitrogens with zero attached hydrogens (tertiary/aromatic N) is 2. The van der Waals surface area contributed by atoms with Crippen molar-refractivity contribution >= 4 is 11.8 Å². The fraction of sp³-hybridized carbons (Fsp3) is 0.362. The van der Waals surface area contributed by atoms with E-state index in [1.807, 2.05) is 48.5 Å². The summed E-state index contributed by atoms with van der Waals surface area (Å²) in [5.74, 6) is 3.33. The first-order valence-electron chi connectivity index (χ1n) is 28.0. The molecule has 0 bridgehead atoms. The Morgan fingerprint density at radius 2 is 0.772 bits per heavy atom. The summed E-state index contributed by atoms with van der Waals surface area (Å²) >= 11 is 0. The normalized spacial score (nSPS) is 15.2. The maximum absolute atomic E-state index is 13.6. The van der Waals surface area contributed by atoms with Gasteiger partial charge in [0, 0.05) is 43.5 Å². The third kappa shape index (κ3) is 12.0. The van der Waals surface area contributed by atoms with Crippen LogP contribution >= 0.6 is 0 Å². The van der Waals surface area contributed by atoms with Crippen LogP contribution in [0.5, 0.6) is 23.0 Å². The van der Waals surface area contributed by atoms with Gasteiger partial charge in [-0.3, -0.25) is 9.59 Å². The number of carbonyl (C=O) groups is 2. The number of hydrogen-bond donors (Lipinski definition) is 2. The fourth-order valence-corrected chi connectivity index (χ4v) is 12.2. The summed E-state index contributed by atoms with van der Waals surface area (Å²) in [5.41, 5.74) is 21.5. The number of methoxy groups -OCH3 is 4. The lowest BCUT2D eigenvalue weighted by Crippen LogP contribution is -2.37. The van der Waals surface area contributed by atoms with E-state index >= 15 is 0 Å². The van der Waals surface area contributed by atoms with Crippen LogP contribution in [0, 0.1) is 34.6 Å². The molecule has 2 amide bonds. The molecule has 2 heterocycles. The van der Waals surface area contributed by atoms with Gasteiger partial charge in [0.05, 0.1) is 53.7 Å². The molecule has 0 saturated carbocycles. The van der Waals surface area contributed by atoms with Gasteiger partial charge in [0.25, 0.3) is 11.8 Å². The summed E-state index contributed by atoms with van der Waals surface area (Å²) in [7, 11) is 6.97. The highest BCUT2D eigenvalue weighted by molar-refractivity contribution is 5.96. The number of rotatable bonds is 19. The molecule has 0 spiro atoms. The summed E-state index contributed by atoms with van der Waals surface area (Å²) in [6.45, 7) is 14.2. The Morgan fingerprint density at radius 1 is 0.430 bits per heavy atom. The standard InChI is InChI=1S/C69H78N2O8/c1-11-47-26-42(2)53(36-64(47)76-7)32-58-28-44(4)55(38-66(58)78-9)34-59-29-45(5)54(39-67(59)79-10)33-57-27-43(3)52(37-65(57)77-8)31-56-35-62(48-16-20-50(21-17-48)68(74)70-24-12-14-60(70)40-72)46(6)30-63(56)49-18-22-51(23-19-49)69(75)71-25-13-15-61(71)41-73/h16-23,26-30,35-39,60-61,72-73H,11-15,24-25,31-34,40-41H2,1-10H3/t60-,61-/m0/s1. The Hall–Kier alpha value is -7.40. The molecule has 9 rings (SSSR count). The van der Waals surface area contributed by atoms with Crippen molar-refractivity contribution in [3.63, 3.8) is 0 Å². The number of aliphatic hydroxyl groups excluding tert-OH is 2. The van der Waals surface area contributed by atoms with Crippen molar-refractivity contribution < 1.29 is 38.7 Å². The van der Waals surface area contributed by atoms with Gasteiger partial charge < -0.3 is 39.0 Å². The van der Waals surface area contributed by atoms with Crippen molar-refractivity contribution in [1.29, 1.82) is 0 Å². The van der Waals surface area contributed by atoms with E-state index in [9.17, 15) is 19.8 Å². The zero-order valence-corrected chi connectivity index (χ0v) is 48.0. The number of aliphatic hydroxyl groups is 2. The third-order valence-corrected chi connectivity index (χ3v) is 16.9. The van der Waals surface area contributed by atoms with Gasteiger partial charge in [-0.05, 0) is 228 Å². The molecule has 0 aromatic heterocycles. The van der Waals surface area contributed by atoms with E-state index in [1.165, 1.54) is 33.4 Å². The van der Waals surface area contributed by atoms with E-state index in [-0.39, 0.29) is 37.1 Å². The highest BCUT2D eigenvalue weighted by Crippen LogP contribution is 2.39. The van der Waals surface area contributed by atoms with E-state index in [4.69, 9.17) is 18.9 Å². The van der Waals surface area contributed by atoms with Crippen molar-refractivity contribution in [2.75, 3.05) is 54.7 Å². The van der Waals surface area contributed by atoms with Crippen LogP contribution in [-0.2, 0) is 32.1 Å². The largest absolute Gasteiger partial charge is 0.496 e. The summed E-state index contributed by atoms with van der Waals surface area (Å²) < 4.78 is 24.1. The molecule has 2 aliphatic rings. The number of benzene rings is 7. The molecule has 7 aromatic rings. The number of ether oxygens (including phenoxy) is 4. The van der Waals surface area contributed by atoms with Crippen LogP contribution in [0.15, 0.2) is 109 Å². The highest BCUT2D eigenvalue weighted by atomic mass is 16.5. The number of amides is 2. The summed E-state index contributed by atoms with van der Waals surface area (Å²) in [4.78, 5) is 30.8. The SMILES string of the molecule is CCc1cc(C)c(Cc2cc(C)c(Cc3cc(C)c(Cc4cc(C)c(Cc5cc(-c6ccc(C(=O)N7CCC[C@H]7CO)cc6)c(C)cc5-c5ccc(C(=O)N6CCC[C@H]6CO)cc5)cc4OC)cc3OC)cc2OC)cc1OC.